The zero-order valence-corrected chi connectivity index (χ0v) is 14.1. The highest BCUT2D eigenvalue weighted by atomic mass is 19.1. The summed E-state index contributed by atoms with van der Waals surface area (Å²) in [6.07, 6.45) is 5.78. The highest BCUT2D eigenvalue weighted by Crippen LogP contribution is 2.11. The number of carbonyl (C=O) groups excluding carboxylic acids is 1. The number of amides is 1. The topological polar surface area (TPSA) is 84.7 Å². The molecule has 0 fully saturated rings. The van der Waals surface area contributed by atoms with Gasteiger partial charge < -0.3 is 10.6 Å². The normalized spacial score (nSPS) is 10.9. The van der Waals surface area contributed by atoms with Gasteiger partial charge in [-0.1, -0.05) is 0 Å². The fourth-order valence-corrected chi connectivity index (χ4v) is 2.19. The Labute approximate surface area is 153 Å². The van der Waals surface area contributed by atoms with Gasteiger partial charge in [-0.15, -0.1) is 10.2 Å². The van der Waals surface area contributed by atoms with Gasteiger partial charge in [-0.2, -0.15) is 5.10 Å². The molecule has 0 unspecified atom stereocenters. The Hall–Kier alpha value is -3.62. The van der Waals surface area contributed by atoms with Crippen LogP contribution in [0.2, 0.25) is 0 Å². The molecule has 9 heteroatoms. The van der Waals surface area contributed by atoms with Crippen molar-refractivity contribution >= 4 is 17.8 Å². The monoisotopic (exact) mass is 370 g/mol. The van der Waals surface area contributed by atoms with Gasteiger partial charge in [0.05, 0.1) is 0 Å². The lowest BCUT2D eigenvalue weighted by Gasteiger charge is -2.06. The van der Waals surface area contributed by atoms with Crippen LogP contribution in [0.3, 0.4) is 0 Å². The molecule has 27 heavy (non-hydrogen) atoms. The second kappa shape index (κ2) is 8.65. The molecule has 2 N–H and O–H groups in total. The summed E-state index contributed by atoms with van der Waals surface area (Å²) in [7, 11) is 0. The largest absolute Gasteiger partial charge is 0.367 e. The predicted molar refractivity (Wildman–Crippen MR) is 96.0 cm³/mol. The van der Waals surface area contributed by atoms with Crippen molar-refractivity contribution in [1.82, 2.24) is 25.3 Å². The van der Waals surface area contributed by atoms with Crippen LogP contribution in [0.4, 0.5) is 14.6 Å². The van der Waals surface area contributed by atoms with Crippen LogP contribution < -0.4 is 10.6 Å². The van der Waals surface area contributed by atoms with Crippen molar-refractivity contribution in [3.05, 3.63) is 72.1 Å². The van der Waals surface area contributed by atoms with Crippen LogP contribution in [0.1, 0.15) is 5.56 Å². The number of rotatable bonds is 7. The molecule has 3 aromatic rings. The van der Waals surface area contributed by atoms with Crippen LogP contribution >= 0.6 is 0 Å². The van der Waals surface area contributed by atoms with E-state index < -0.39 is 17.5 Å². The average molecular weight is 370 g/mol. The minimum atomic E-state index is -0.598. The van der Waals surface area contributed by atoms with E-state index in [0.29, 0.717) is 24.7 Å². The van der Waals surface area contributed by atoms with E-state index >= 15 is 0 Å². The minimum Gasteiger partial charge on any atom is -0.367 e. The molecule has 0 aliphatic heterocycles. The number of hydrogen-bond donors (Lipinski definition) is 2. The summed E-state index contributed by atoms with van der Waals surface area (Å²) in [4.78, 5) is 11.7. The molecule has 0 spiro atoms. The molecule has 0 atom stereocenters. The molecule has 3 rings (SSSR count). The summed E-state index contributed by atoms with van der Waals surface area (Å²) < 4.78 is 28.1. The van der Waals surface area contributed by atoms with E-state index in [1.54, 1.807) is 35.3 Å². The van der Waals surface area contributed by atoms with Crippen LogP contribution in [-0.2, 0) is 4.79 Å². The SMILES string of the molecule is O=C(/C=C/c1cc(F)ccc1F)NCCNc1ccc(-n2cccn2)nn1. The molecule has 2 aromatic heterocycles. The summed E-state index contributed by atoms with van der Waals surface area (Å²) in [5, 5.41) is 17.7. The van der Waals surface area contributed by atoms with Crippen molar-refractivity contribution in [3.63, 3.8) is 0 Å². The number of nitrogens with one attached hydrogen (secondary N) is 2. The van der Waals surface area contributed by atoms with E-state index in [2.05, 4.69) is 25.9 Å². The number of halogens is 2. The first-order valence-corrected chi connectivity index (χ1v) is 8.10. The van der Waals surface area contributed by atoms with E-state index in [4.69, 9.17) is 0 Å². The van der Waals surface area contributed by atoms with E-state index in [-0.39, 0.29) is 5.56 Å². The summed E-state index contributed by atoms with van der Waals surface area (Å²) in [6.45, 7) is 0.737. The standard InChI is InChI=1S/C18H16F2N6O/c19-14-3-4-15(20)13(12-14)2-7-18(27)22-10-9-21-16-5-6-17(25-24-16)26-11-1-8-23-26/h1-8,11-12H,9-10H2,(H,21,24)(H,22,27)/b7-2+. The van der Waals surface area contributed by atoms with Crippen molar-refractivity contribution in [3.8, 4) is 5.82 Å². The number of nitrogens with zero attached hydrogens (tertiary/aromatic N) is 4. The molecule has 7 nitrogen and oxygen atoms in total. The van der Waals surface area contributed by atoms with Gasteiger partial charge in [-0.25, -0.2) is 13.5 Å². The van der Waals surface area contributed by atoms with E-state index in [9.17, 15) is 13.6 Å². The summed E-state index contributed by atoms with van der Waals surface area (Å²) in [5.41, 5.74) is 0.0100. The second-order valence-corrected chi connectivity index (χ2v) is 5.44. The average Bonchev–Trinajstić information content (AvgIpc) is 3.21. The number of carbonyl (C=O) groups is 1. The third-order valence-corrected chi connectivity index (χ3v) is 3.49. The van der Waals surface area contributed by atoms with Gasteiger partial charge in [0.15, 0.2) is 5.82 Å². The lowest BCUT2D eigenvalue weighted by atomic mass is 10.2. The lowest BCUT2D eigenvalue weighted by Crippen LogP contribution is -2.27. The van der Waals surface area contributed by atoms with Gasteiger partial charge in [0, 0.05) is 37.1 Å². The highest BCUT2D eigenvalue weighted by molar-refractivity contribution is 5.91. The van der Waals surface area contributed by atoms with Gasteiger partial charge in [-0.3, -0.25) is 4.79 Å². The molecule has 2 heterocycles. The summed E-state index contributed by atoms with van der Waals surface area (Å²) in [6, 6.07) is 8.34. The maximum Gasteiger partial charge on any atom is 0.244 e. The first-order valence-electron chi connectivity index (χ1n) is 8.10. The third-order valence-electron chi connectivity index (χ3n) is 3.49. The van der Waals surface area contributed by atoms with Gasteiger partial charge >= 0.3 is 0 Å². The van der Waals surface area contributed by atoms with Gasteiger partial charge in [0.2, 0.25) is 5.91 Å². The summed E-state index contributed by atoms with van der Waals surface area (Å²) >= 11 is 0. The first kappa shape index (κ1) is 18.2. The van der Waals surface area contributed by atoms with Gasteiger partial charge in [0.25, 0.3) is 0 Å². The zero-order valence-electron chi connectivity index (χ0n) is 14.1. The molecule has 0 saturated heterocycles. The zero-order chi connectivity index (χ0) is 19.1. The summed E-state index contributed by atoms with van der Waals surface area (Å²) in [5.74, 6) is -0.439. The first-order chi connectivity index (χ1) is 13.1. The molecule has 1 aromatic carbocycles. The van der Waals surface area contributed by atoms with Crippen LogP contribution in [-0.4, -0.2) is 39.0 Å². The van der Waals surface area contributed by atoms with Crippen molar-refractivity contribution in [2.75, 3.05) is 18.4 Å². The molecule has 0 bridgehead atoms. The minimum absolute atomic E-state index is 0.0100. The molecule has 138 valence electrons. The lowest BCUT2D eigenvalue weighted by molar-refractivity contribution is -0.116. The number of hydrogen-bond acceptors (Lipinski definition) is 5. The molecule has 0 aliphatic rings. The molecular formula is C18H16F2N6O. The van der Waals surface area contributed by atoms with Gasteiger partial charge in [-0.05, 0) is 42.5 Å². The Morgan fingerprint density at radius 2 is 2.04 bits per heavy atom. The third kappa shape index (κ3) is 5.18. The fourth-order valence-electron chi connectivity index (χ4n) is 2.19. The maximum absolute atomic E-state index is 13.5. The number of benzene rings is 1. The molecular weight excluding hydrogens is 354 g/mol. The Morgan fingerprint density at radius 1 is 1.15 bits per heavy atom. The molecule has 0 aliphatic carbocycles. The maximum atomic E-state index is 13.5. The Balaban J connectivity index is 1.42. The number of aromatic nitrogens is 4. The molecule has 1 amide bonds. The molecule has 0 saturated carbocycles. The van der Waals surface area contributed by atoms with Crippen LogP contribution in [0.25, 0.3) is 11.9 Å². The Bertz CT molecular complexity index is 926. The fraction of sp³-hybridized carbons (Fsp3) is 0.111. The van der Waals surface area contributed by atoms with E-state index in [1.165, 1.54) is 6.08 Å². The van der Waals surface area contributed by atoms with E-state index in [0.717, 1.165) is 24.3 Å². The van der Waals surface area contributed by atoms with Crippen LogP contribution in [0.5, 0.6) is 0 Å². The smallest absolute Gasteiger partial charge is 0.244 e. The number of anilines is 1. The Kier molecular flexibility index (Phi) is 5.83. The van der Waals surface area contributed by atoms with Crippen LogP contribution in [0, 0.1) is 11.6 Å². The molecule has 0 radical (unpaired) electrons. The highest BCUT2D eigenvalue weighted by Gasteiger charge is 2.02. The van der Waals surface area contributed by atoms with Gasteiger partial charge in [0.1, 0.15) is 17.5 Å². The van der Waals surface area contributed by atoms with Crippen molar-refractivity contribution in [2.24, 2.45) is 0 Å². The van der Waals surface area contributed by atoms with E-state index in [1.807, 2.05) is 0 Å². The van der Waals surface area contributed by atoms with Crippen molar-refractivity contribution in [2.45, 2.75) is 0 Å². The predicted octanol–water partition coefficient (Wildman–Crippen LogP) is 2.18. The quantitative estimate of drug-likeness (QED) is 0.492. The van der Waals surface area contributed by atoms with Crippen molar-refractivity contribution in [1.29, 1.82) is 0 Å². The van der Waals surface area contributed by atoms with Crippen LogP contribution in [0.15, 0.2) is 54.9 Å². The Morgan fingerprint density at radius 3 is 2.78 bits per heavy atom. The second-order valence-electron chi connectivity index (χ2n) is 5.44. The van der Waals surface area contributed by atoms with Crippen molar-refractivity contribution < 1.29 is 13.6 Å².